The average Bonchev–Trinajstić information content (AvgIpc) is 2.81. The molecule has 3 aromatic rings. The molecule has 4 rings (SSSR count). The molecule has 0 spiro atoms. The van der Waals surface area contributed by atoms with Gasteiger partial charge in [-0.25, -0.2) is 4.79 Å². The van der Waals surface area contributed by atoms with Crippen LogP contribution in [0.4, 0.5) is 0 Å². The molecule has 34 heavy (non-hydrogen) atoms. The Morgan fingerprint density at radius 3 is 2.38 bits per heavy atom. The van der Waals surface area contributed by atoms with Gasteiger partial charge in [0.1, 0.15) is 28.9 Å². The first-order chi connectivity index (χ1) is 16.4. The molecule has 0 amide bonds. The molecule has 0 saturated heterocycles. The van der Waals surface area contributed by atoms with E-state index in [0.717, 1.165) is 28.7 Å². The summed E-state index contributed by atoms with van der Waals surface area (Å²) >= 11 is 0. The second kappa shape index (κ2) is 9.72. The highest BCUT2D eigenvalue weighted by atomic mass is 16.6. The lowest BCUT2D eigenvalue weighted by Gasteiger charge is -2.26. The van der Waals surface area contributed by atoms with Gasteiger partial charge >= 0.3 is 5.97 Å². The molecule has 3 aromatic carbocycles. The van der Waals surface area contributed by atoms with Gasteiger partial charge in [0.15, 0.2) is 6.61 Å². The molecule has 1 aliphatic heterocycles. The molecule has 0 saturated carbocycles. The molecule has 0 radical (unpaired) electrons. The molecule has 1 aliphatic rings. The first kappa shape index (κ1) is 22.9. The van der Waals surface area contributed by atoms with E-state index >= 15 is 0 Å². The normalized spacial score (nSPS) is 14.6. The van der Waals surface area contributed by atoms with Gasteiger partial charge in [-0.3, -0.25) is 0 Å². The molecule has 0 bridgehead atoms. The molecule has 2 N–H and O–H groups in total. The van der Waals surface area contributed by atoms with Crippen molar-refractivity contribution in [1.82, 2.24) is 0 Å². The first-order valence-corrected chi connectivity index (χ1v) is 11.1. The van der Waals surface area contributed by atoms with E-state index in [2.05, 4.69) is 13.0 Å². The number of nitrogens with two attached hydrogens (primary N) is 1. The zero-order chi connectivity index (χ0) is 24.2. The van der Waals surface area contributed by atoms with Crippen LogP contribution in [-0.2, 0) is 11.2 Å². The highest BCUT2D eigenvalue weighted by Crippen LogP contribution is 2.43. The lowest BCUT2D eigenvalue weighted by atomic mass is 9.83. The van der Waals surface area contributed by atoms with Gasteiger partial charge in [0.05, 0.1) is 5.92 Å². The Morgan fingerprint density at radius 2 is 1.74 bits per heavy atom. The Bertz CT molecular complexity index is 1280. The van der Waals surface area contributed by atoms with Gasteiger partial charge in [0.25, 0.3) is 0 Å². The van der Waals surface area contributed by atoms with Gasteiger partial charge < -0.3 is 19.9 Å². The minimum Gasteiger partial charge on any atom is -0.482 e. The van der Waals surface area contributed by atoms with Crippen LogP contribution in [0.2, 0.25) is 0 Å². The quantitative estimate of drug-likeness (QED) is 0.413. The van der Waals surface area contributed by atoms with Gasteiger partial charge in [0.2, 0.25) is 5.88 Å². The number of ether oxygens (including phenoxy) is 3. The van der Waals surface area contributed by atoms with Crippen molar-refractivity contribution in [3.63, 3.8) is 0 Å². The molecule has 6 nitrogen and oxygen atoms in total. The van der Waals surface area contributed by atoms with Crippen molar-refractivity contribution >= 4 is 5.97 Å². The van der Waals surface area contributed by atoms with E-state index in [0.29, 0.717) is 22.8 Å². The Balaban J connectivity index is 1.53. The Kier molecular flexibility index (Phi) is 6.55. The molecule has 0 aromatic heterocycles. The highest BCUT2D eigenvalue weighted by Gasteiger charge is 2.31. The molecular formula is C28H26N2O4. The summed E-state index contributed by atoms with van der Waals surface area (Å²) in [4.78, 5) is 12.4. The minimum atomic E-state index is -0.539. The third-order valence-corrected chi connectivity index (χ3v) is 5.70. The summed E-state index contributed by atoms with van der Waals surface area (Å²) in [6, 6.07) is 21.1. The van der Waals surface area contributed by atoms with Crippen molar-refractivity contribution in [3.8, 4) is 23.3 Å². The highest BCUT2D eigenvalue weighted by molar-refractivity contribution is 5.74. The Labute approximate surface area is 199 Å². The number of hydrogen-bond acceptors (Lipinski definition) is 6. The number of benzene rings is 3. The Hall–Kier alpha value is -4.24. The fraction of sp³-hybridized carbons (Fsp3) is 0.214. The van der Waals surface area contributed by atoms with Crippen molar-refractivity contribution in [2.24, 2.45) is 5.73 Å². The number of hydrogen-bond donors (Lipinski definition) is 1. The molecule has 172 valence electrons. The summed E-state index contributed by atoms with van der Waals surface area (Å²) in [6.45, 7) is 5.80. The summed E-state index contributed by atoms with van der Waals surface area (Å²) in [7, 11) is 0. The smallest absolute Gasteiger partial charge is 0.349 e. The van der Waals surface area contributed by atoms with Crippen LogP contribution in [0.5, 0.6) is 17.2 Å². The van der Waals surface area contributed by atoms with E-state index in [1.807, 2.05) is 56.3 Å². The number of esters is 1. The topological polar surface area (TPSA) is 94.6 Å². The van der Waals surface area contributed by atoms with E-state index in [9.17, 15) is 10.1 Å². The van der Waals surface area contributed by atoms with Crippen LogP contribution >= 0.6 is 0 Å². The second-order valence-corrected chi connectivity index (χ2v) is 8.31. The third-order valence-electron chi connectivity index (χ3n) is 5.70. The molecular weight excluding hydrogens is 428 g/mol. The zero-order valence-electron chi connectivity index (χ0n) is 19.4. The van der Waals surface area contributed by atoms with Crippen molar-refractivity contribution in [2.45, 2.75) is 33.1 Å². The monoisotopic (exact) mass is 454 g/mol. The van der Waals surface area contributed by atoms with E-state index in [-0.39, 0.29) is 18.4 Å². The van der Waals surface area contributed by atoms with Crippen molar-refractivity contribution in [3.05, 3.63) is 99.9 Å². The van der Waals surface area contributed by atoms with Crippen LogP contribution in [0.3, 0.4) is 0 Å². The second-order valence-electron chi connectivity index (χ2n) is 8.31. The Morgan fingerprint density at radius 1 is 1.03 bits per heavy atom. The van der Waals surface area contributed by atoms with Gasteiger partial charge in [-0.2, -0.15) is 5.26 Å². The number of nitrogens with zero attached hydrogens (tertiary/aromatic N) is 1. The van der Waals surface area contributed by atoms with Crippen LogP contribution < -0.4 is 19.9 Å². The van der Waals surface area contributed by atoms with Crippen LogP contribution in [0.25, 0.3) is 0 Å². The van der Waals surface area contributed by atoms with Crippen molar-refractivity contribution < 1.29 is 19.0 Å². The number of carbonyl (C=O) groups is 1. The van der Waals surface area contributed by atoms with Crippen LogP contribution in [0, 0.1) is 25.2 Å². The summed E-state index contributed by atoms with van der Waals surface area (Å²) < 4.78 is 16.8. The lowest BCUT2D eigenvalue weighted by molar-refractivity contribution is -0.136. The average molecular weight is 455 g/mol. The standard InChI is InChI=1S/C28H26N2O4/c1-4-19-5-7-20(8-6-19)27-23-10-9-21(14-25(23)34-28(30)24(27)15-29)33-26(31)16-32-22-12-17(2)11-18(3)13-22/h5-14,27H,4,16,30H2,1-3H3. The SMILES string of the molecule is CCc1ccc(C2C(C#N)=C(N)Oc3cc(OC(=O)COc4cc(C)cc(C)c4)ccc32)cc1. The number of nitriles is 1. The van der Waals surface area contributed by atoms with Gasteiger partial charge in [-0.15, -0.1) is 0 Å². The summed E-state index contributed by atoms with van der Waals surface area (Å²) in [5.41, 5.74) is 11.5. The predicted molar refractivity (Wildman–Crippen MR) is 129 cm³/mol. The first-order valence-electron chi connectivity index (χ1n) is 11.1. The third kappa shape index (κ3) is 4.89. The maximum Gasteiger partial charge on any atom is 0.349 e. The number of rotatable bonds is 6. The predicted octanol–water partition coefficient (Wildman–Crippen LogP) is 5.07. The molecule has 1 heterocycles. The fourth-order valence-electron chi connectivity index (χ4n) is 4.11. The molecule has 0 fully saturated rings. The van der Waals surface area contributed by atoms with E-state index in [1.54, 1.807) is 18.2 Å². The molecule has 0 aliphatic carbocycles. The van der Waals surface area contributed by atoms with Gasteiger partial charge in [0, 0.05) is 11.6 Å². The maximum atomic E-state index is 12.4. The maximum absolute atomic E-state index is 12.4. The van der Waals surface area contributed by atoms with E-state index in [4.69, 9.17) is 19.9 Å². The van der Waals surface area contributed by atoms with Gasteiger partial charge in [-0.05, 0) is 60.7 Å². The van der Waals surface area contributed by atoms with Crippen LogP contribution in [0.15, 0.2) is 72.1 Å². The summed E-state index contributed by atoms with van der Waals surface area (Å²) in [6.07, 6.45) is 0.926. The summed E-state index contributed by atoms with van der Waals surface area (Å²) in [5.74, 6) is 0.506. The van der Waals surface area contributed by atoms with Gasteiger partial charge in [-0.1, -0.05) is 43.3 Å². The largest absolute Gasteiger partial charge is 0.482 e. The van der Waals surface area contributed by atoms with Crippen molar-refractivity contribution in [1.29, 1.82) is 5.26 Å². The summed E-state index contributed by atoms with van der Waals surface area (Å²) in [5, 5.41) is 9.73. The number of aryl methyl sites for hydroxylation is 3. The fourth-order valence-corrected chi connectivity index (χ4v) is 4.11. The van der Waals surface area contributed by atoms with Crippen LogP contribution in [-0.4, -0.2) is 12.6 Å². The molecule has 6 heteroatoms. The zero-order valence-corrected chi connectivity index (χ0v) is 19.4. The minimum absolute atomic E-state index is 0.0428. The number of carbonyl (C=O) groups excluding carboxylic acids is 1. The number of allylic oxidation sites excluding steroid dienone is 1. The number of fused-ring (bicyclic) bond motifs is 1. The van der Waals surface area contributed by atoms with E-state index < -0.39 is 5.97 Å². The van der Waals surface area contributed by atoms with Crippen molar-refractivity contribution in [2.75, 3.05) is 6.61 Å². The molecule has 1 unspecified atom stereocenters. The molecule has 1 atom stereocenters. The lowest BCUT2D eigenvalue weighted by Crippen LogP contribution is -2.21. The van der Waals surface area contributed by atoms with E-state index in [1.165, 1.54) is 5.56 Å². The van der Waals surface area contributed by atoms with Crippen LogP contribution in [0.1, 0.15) is 40.7 Å².